The average Bonchev–Trinajstić information content (AvgIpc) is 2.00. The molecule has 91 valence electrons. The average molecular weight is 237 g/mol. The Bertz CT molecular complexity index is 172. The van der Waals surface area contributed by atoms with Gasteiger partial charge in [0.15, 0.2) is 0 Å². The van der Waals surface area contributed by atoms with Crippen LogP contribution in [0.5, 0.6) is 0 Å². The first kappa shape index (κ1) is 19.3. The molecule has 0 aliphatic rings. The molecule has 0 unspecified atom stereocenters. The van der Waals surface area contributed by atoms with Gasteiger partial charge in [0.25, 0.3) is 0 Å². The van der Waals surface area contributed by atoms with Crippen molar-refractivity contribution in [2.24, 2.45) is 5.92 Å². The molecule has 0 atom stereocenters. The zero-order valence-corrected chi connectivity index (χ0v) is 14.6. The van der Waals surface area contributed by atoms with Gasteiger partial charge in [-0.15, -0.1) is 5.31 Å². The molecule has 0 saturated heterocycles. The van der Waals surface area contributed by atoms with E-state index in [1.54, 1.807) is 0 Å². The molecule has 0 bridgehead atoms. The van der Waals surface area contributed by atoms with Gasteiger partial charge in [-0.2, -0.15) is 0 Å². The topological polar surface area (TPSA) is 18.5 Å². The molecular formula is C12H27BNaO2. The van der Waals surface area contributed by atoms with Crippen molar-refractivity contribution in [2.75, 3.05) is 0 Å². The van der Waals surface area contributed by atoms with Crippen molar-refractivity contribution in [2.45, 2.75) is 72.9 Å². The fourth-order valence-corrected chi connectivity index (χ4v) is 1.15. The molecule has 0 saturated carbocycles. The van der Waals surface area contributed by atoms with E-state index >= 15 is 0 Å². The van der Waals surface area contributed by atoms with Gasteiger partial charge in [0, 0.05) is 12.2 Å². The molecule has 0 aromatic heterocycles. The van der Waals surface area contributed by atoms with Crippen molar-refractivity contribution in [3.8, 4) is 0 Å². The molecule has 0 aromatic carbocycles. The van der Waals surface area contributed by atoms with Crippen LogP contribution in [0, 0.1) is 5.92 Å². The van der Waals surface area contributed by atoms with E-state index in [2.05, 4.69) is 27.7 Å². The van der Waals surface area contributed by atoms with Crippen molar-refractivity contribution >= 4 is 7.12 Å². The molecule has 0 fully saturated rings. The summed E-state index contributed by atoms with van der Waals surface area (Å²) in [4.78, 5) is 0. The summed E-state index contributed by atoms with van der Waals surface area (Å²) in [6.45, 7) is 17.0. The standard InChI is InChI=1S/C12H27BO2.Na/c1-9(2)12(7,8)13(14-10(3)4)15-11(5)6;/h9-11H,1-8H3;/q-1;+1. The van der Waals surface area contributed by atoms with Gasteiger partial charge in [0.05, 0.1) is 0 Å². The Kier molecular flexibility index (Phi) is 9.85. The molecule has 0 aliphatic carbocycles. The van der Waals surface area contributed by atoms with Crippen LogP contribution in [0.3, 0.4) is 0 Å². The summed E-state index contributed by atoms with van der Waals surface area (Å²) in [7, 11) is -0.127. The quantitative estimate of drug-likeness (QED) is 0.635. The van der Waals surface area contributed by atoms with E-state index in [-0.39, 0.29) is 54.2 Å². The second-order valence-electron chi connectivity index (χ2n) is 5.68. The van der Waals surface area contributed by atoms with Crippen molar-refractivity contribution in [1.29, 1.82) is 0 Å². The van der Waals surface area contributed by atoms with Gasteiger partial charge in [-0.05, 0) is 27.7 Å². The van der Waals surface area contributed by atoms with Crippen LogP contribution in [0.2, 0.25) is 5.31 Å². The molecule has 1 radical (unpaired) electrons. The second kappa shape index (κ2) is 8.15. The first-order valence-corrected chi connectivity index (χ1v) is 5.98. The van der Waals surface area contributed by atoms with Crippen LogP contribution in [0.1, 0.15) is 55.4 Å². The summed E-state index contributed by atoms with van der Waals surface area (Å²) < 4.78 is 11.7. The minimum atomic E-state index is -0.127. The van der Waals surface area contributed by atoms with Gasteiger partial charge in [-0.1, -0.05) is 33.6 Å². The van der Waals surface area contributed by atoms with Gasteiger partial charge >= 0.3 is 29.6 Å². The molecule has 0 aliphatic heterocycles. The van der Waals surface area contributed by atoms with Crippen LogP contribution in [0.25, 0.3) is 0 Å². The van der Waals surface area contributed by atoms with Gasteiger partial charge in [-0.25, -0.2) is 0 Å². The molecule has 0 rings (SSSR count). The largest absolute Gasteiger partial charge is 1.00 e. The van der Waals surface area contributed by atoms with Crippen LogP contribution in [-0.2, 0) is 9.31 Å². The second-order valence-corrected chi connectivity index (χ2v) is 5.68. The Morgan fingerprint density at radius 1 is 0.812 bits per heavy atom. The number of rotatable bonds is 6. The van der Waals surface area contributed by atoms with E-state index in [9.17, 15) is 0 Å². The fraction of sp³-hybridized carbons (Fsp3) is 1.00. The third-order valence-electron chi connectivity index (χ3n) is 2.89. The van der Waals surface area contributed by atoms with E-state index in [0.29, 0.717) is 5.92 Å². The van der Waals surface area contributed by atoms with Gasteiger partial charge in [0.2, 0.25) is 0 Å². The van der Waals surface area contributed by atoms with E-state index in [1.807, 2.05) is 27.7 Å². The first-order chi connectivity index (χ1) is 6.67. The van der Waals surface area contributed by atoms with Gasteiger partial charge < -0.3 is 9.31 Å². The number of hydrogen-bond acceptors (Lipinski definition) is 2. The fourth-order valence-electron chi connectivity index (χ4n) is 1.15. The smallest absolute Gasteiger partial charge is 0.587 e. The Morgan fingerprint density at radius 2 is 1.12 bits per heavy atom. The van der Waals surface area contributed by atoms with Crippen molar-refractivity contribution in [3.63, 3.8) is 0 Å². The summed E-state index contributed by atoms with van der Waals surface area (Å²) in [6, 6.07) is 0. The third kappa shape index (κ3) is 6.66. The molecule has 2 nitrogen and oxygen atoms in total. The SMILES string of the molecule is CC(C)O[B-](OC(C)C)C(C)(C)C(C)C.[Na+]. The molecule has 0 aromatic rings. The molecule has 0 N–H and O–H groups in total. The van der Waals surface area contributed by atoms with E-state index in [1.165, 1.54) is 0 Å². The maximum absolute atomic E-state index is 5.86. The summed E-state index contributed by atoms with van der Waals surface area (Å²) in [5.41, 5.74) is 0. The Labute approximate surface area is 124 Å². The predicted octanol–water partition coefficient (Wildman–Crippen LogP) is 0.765. The monoisotopic (exact) mass is 237 g/mol. The summed E-state index contributed by atoms with van der Waals surface area (Å²) >= 11 is 0. The molecule has 16 heavy (non-hydrogen) atoms. The zero-order chi connectivity index (χ0) is 12.2. The van der Waals surface area contributed by atoms with Crippen LogP contribution in [0.4, 0.5) is 0 Å². The summed E-state index contributed by atoms with van der Waals surface area (Å²) in [5, 5.41) is 0.0363. The number of hydrogen-bond donors (Lipinski definition) is 0. The maximum Gasteiger partial charge on any atom is 1.00 e. The van der Waals surface area contributed by atoms with Crippen LogP contribution < -0.4 is 29.6 Å². The Hall–Kier alpha value is 0.985. The van der Waals surface area contributed by atoms with Gasteiger partial charge in [-0.3, -0.25) is 0 Å². The van der Waals surface area contributed by atoms with Crippen molar-refractivity contribution in [3.05, 3.63) is 0 Å². The van der Waals surface area contributed by atoms with E-state index in [4.69, 9.17) is 9.31 Å². The van der Waals surface area contributed by atoms with Crippen molar-refractivity contribution in [1.82, 2.24) is 0 Å². The molecular weight excluding hydrogens is 210 g/mol. The summed E-state index contributed by atoms with van der Waals surface area (Å²) in [6.07, 6.45) is 0.401. The predicted molar refractivity (Wildman–Crippen MR) is 67.1 cm³/mol. The van der Waals surface area contributed by atoms with Gasteiger partial charge in [0.1, 0.15) is 7.12 Å². The normalized spacial score (nSPS) is 12.8. The third-order valence-corrected chi connectivity index (χ3v) is 2.89. The van der Waals surface area contributed by atoms with E-state index < -0.39 is 0 Å². The zero-order valence-electron chi connectivity index (χ0n) is 12.6. The molecule has 0 spiro atoms. The van der Waals surface area contributed by atoms with Crippen LogP contribution in [0.15, 0.2) is 0 Å². The molecule has 4 heteroatoms. The van der Waals surface area contributed by atoms with Crippen LogP contribution in [-0.4, -0.2) is 19.3 Å². The molecule has 0 heterocycles. The van der Waals surface area contributed by atoms with Crippen LogP contribution >= 0.6 is 0 Å². The maximum atomic E-state index is 5.86. The Balaban J connectivity index is 0. The minimum absolute atomic E-state index is 0. The van der Waals surface area contributed by atoms with Crippen molar-refractivity contribution < 1.29 is 38.9 Å². The first-order valence-electron chi connectivity index (χ1n) is 5.98. The summed E-state index contributed by atoms with van der Waals surface area (Å²) in [5.74, 6) is 0.528. The molecule has 0 amide bonds. The van der Waals surface area contributed by atoms with E-state index in [0.717, 1.165) is 0 Å². The minimum Gasteiger partial charge on any atom is -0.587 e. The Morgan fingerprint density at radius 3 is 1.31 bits per heavy atom.